The van der Waals surface area contributed by atoms with Crippen molar-refractivity contribution in [2.45, 2.75) is 13.0 Å². The molecule has 0 saturated heterocycles. The highest BCUT2D eigenvalue weighted by atomic mass is 32.2. The Balaban J connectivity index is 2.12. The minimum absolute atomic E-state index is 0.214. The first kappa shape index (κ1) is 18.2. The monoisotopic (exact) mass is 346 g/mol. The van der Waals surface area contributed by atoms with E-state index in [1.807, 2.05) is 61.5 Å². The Hall–Kier alpha value is -2.18. The van der Waals surface area contributed by atoms with Crippen LogP contribution in [0.3, 0.4) is 0 Å². The van der Waals surface area contributed by atoms with E-state index in [0.29, 0.717) is 0 Å². The number of carbonyl (C=O) groups is 1. The normalized spacial score (nSPS) is 12.6. The summed E-state index contributed by atoms with van der Waals surface area (Å²) < 4.78 is 25.2. The lowest BCUT2D eigenvalue weighted by Gasteiger charge is -2.25. The highest BCUT2D eigenvalue weighted by Crippen LogP contribution is 2.24. The van der Waals surface area contributed by atoms with Gasteiger partial charge in [0.05, 0.1) is 6.04 Å². The van der Waals surface area contributed by atoms with Crippen LogP contribution in [0.15, 0.2) is 54.6 Å². The Kier molecular flexibility index (Phi) is 5.75. The van der Waals surface area contributed by atoms with Crippen LogP contribution in [0.1, 0.15) is 18.5 Å². The number of hydrogen-bond donors (Lipinski definition) is 1. The molecule has 0 aliphatic heterocycles. The van der Waals surface area contributed by atoms with E-state index in [1.54, 1.807) is 7.05 Å². The lowest BCUT2D eigenvalue weighted by atomic mass is 10.0. The number of carbonyl (C=O) groups excluding carboxylic acids is 1. The van der Waals surface area contributed by atoms with E-state index in [9.17, 15) is 13.2 Å². The van der Waals surface area contributed by atoms with Crippen molar-refractivity contribution >= 4 is 15.9 Å². The van der Waals surface area contributed by atoms with Crippen LogP contribution in [0.2, 0.25) is 0 Å². The molecular weight excluding hydrogens is 324 g/mol. The lowest BCUT2D eigenvalue weighted by molar-refractivity contribution is -0.129. The van der Waals surface area contributed by atoms with Crippen molar-refractivity contribution in [1.29, 1.82) is 0 Å². The molecule has 0 fully saturated rings. The van der Waals surface area contributed by atoms with Gasteiger partial charge in [0.1, 0.15) is 5.75 Å². The molecule has 2 rings (SSSR count). The summed E-state index contributed by atoms with van der Waals surface area (Å²) in [6.07, 6.45) is 0. The maximum atomic E-state index is 12.1. The third kappa shape index (κ3) is 4.43. The number of rotatable bonds is 6. The Bertz CT molecular complexity index is 787. The smallest absolute Gasteiger partial charge is 0.239 e. The van der Waals surface area contributed by atoms with Crippen molar-refractivity contribution in [3.8, 4) is 11.1 Å². The maximum absolute atomic E-state index is 12.1. The van der Waals surface area contributed by atoms with Gasteiger partial charge in [-0.1, -0.05) is 54.6 Å². The minimum Gasteiger partial charge on any atom is -0.338 e. The standard InChI is InChI=1S/C18H22N2O3S/c1-14(20(3)18(21)13-24(22,23)19-2)15-9-11-17(12-10-15)16-7-5-4-6-8-16/h4-12,14,19H,13H2,1-3H3. The summed E-state index contributed by atoms with van der Waals surface area (Å²) in [5, 5.41) is 0. The van der Waals surface area contributed by atoms with Crippen LogP contribution in [0.25, 0.3) is 11.1 Å². The Morgan fingerprint density at radius 3 is 2.12 bits per heavy atom. The maximum Gasteiger partial charge on any atom is 0.239 e. The van der Waals surface area contributed by atoms with Crippen LogP contribution in [0.4, 0.5) is 0 Å². The Morgan fingerprint density at radius 1 is 1.04 bits per heavy atom. The Labute approximate surface area is 143 Å². The molecule has 1 atom stereocenters. The van der Waals surface area contributed by atoms with Crippen LogP contribution in [-0.2, 0) is 14.8 Å². The average molecular weight is 346 g/mol. The molecule has 1 amide bonds. The molecule has 0 radical (unpaired) electrons. The molecule has 0 heterocycles. The second kappa shape index (κ2) is 7.59. The summed E-state index contributed by atoms with van der Waals surface area (Å²) in [5.74, 6) is -0.990. The van der Waals surface area contributed by atoms with Crippen LogP contribution >= 0.6 is 0 Å². The average Bonchev–Trinajstić information content (AvgIpc) is 2.61. The second-order valence-electron chi connectivity index (χ2n) is 5.63. The predicted octanol–water partition coefficient (Wildman–Crippen LogP) is 2.42. The summed E-state index contributed by atoms with van der Waals surface area (Å²) in [6.45, 7) is 1.88. The van der Waals surface area contributed by atoms with Crippen molar-refractivity contribution in [2.24, 2.45) is 0 Å². The van der Waals surface area contributed by atoms with E-state index in [2.05, 4.69) is 4.72 Å². The molecule has 1 unspecified atom stereocenters. The molecule has 6 heteroatoms. The third-order valence-corrected chi connectivity index (χ3v) is 5.35. The number of nitrogens with one attached hydrogen (secondary N) is 1. The highest BCUT2D eigenvalue weighted by Gasteiger charge is 2.22. The van der Waals surface area contributed by atoms with Gasteiger partial charge in [-0.15, -0.1) is 0 Å². The zero-order chi connectivity index (χ0) is 17.7. The molecule has 128 valence electrons. The first-order valence-corrected chi connectivity index (χ1v) is 9.31. The van der Waals surface area contributed by atoms with Crippen molar-refractivity contribution < 1.29 is 13.2 Å². The van der Waals surface area contributed by atoms with Crippen LogP contribution < -0.4 is 4.72 Å². The van der Waals surface area contributed by atoms with E-state index < -0.39 is 21.7 Å². The molecule has 0 aliphatic rings. The summed E-state index contributed by atoms with van der Waals surface area (Å²) in [4.78, 5) is 13.6. The van der Waals surface area contributed by atoms with E-state index in [4.69, 9.17) is 0 Å². The van der Waals surface area contributed by atoms with E-state index in [0.717, 1.165) is 16.7 Å². The fraction of sp³-hybridized carbons (Fsp3) is 0.278. The molecule has 2 aromatic rings. The topological polar surface area (TPSA) is 66.5 Å². The van der Waals surface area contributed by atoms with Crippen LogP contribution in [0, 0.1) is 0 Å². The predicted molar refractivity (Wildman–Crippen MR) is 95.9 cm³/mol. The zero-order valence-corrected chi connectivity index (χ0v) is 14.9. The first-order valence-electron chi connectivity index (χ1n) is 7.66. The van der Waals surface area contributed by atoms with Crippen molar-refractivity contribution in [3.05, 3.63) is 60.2 Å². The molecule has 2 aromatic carbocycles. The molecule has 0 spiro atoms. The summed E-state index contributed by atoms with van der Waals surface area (Å²) in [5.41, 5.74) is 3.17. The number of amides is 1. The van der Waals surface area contributed by atoms with Crippen molar-refractivity contribution in [1.82, 2.24) is 9.62 Å². The van der Waals surface area contributed by atoms with Gasteiger partial charge in [0.25, 0.3) is 0 Å². The van der Waals surface area contributed by atoms with Gasteiger partial charge in [0.15, 0.2) is 0 Å². The molecule has 0 aliphatic carbocycles. The Morgan fingerprint density at radius 2 is 1.58 bits per heavy atom. The molecule has 5 nitrogen and oxygen atoms in total. The zero-order valence-electron chi connectivity index (χ0n) is 14.1. The third-order valence-electron chi connectivity index (χ3n) is 4.10. The lowest BCUT2D eigenvalue weighted by Crippen LogP contribution is -2.37. The SMILES string of the molecule is CNS(=O)(=O)CC(=O)N(C)C(C)c1ccc(-c2ccccc2)cc1. The molecule has 24 heavy (non-hydrogen) atoms. The van der Waals surface area contributed by atoms with Gasteiger partial charge in [-0.05, 0) is 30.7 Å². The van der Waals surface area contributed by atoms with Gasteiger partial charge in [-0.2, -0.15) is 0 Å². The van der Waals surface area contributed by atoms with Crippen molar-refractivity contribution in [2.75, 3.05) is 19.8 Å². The number of benzene rings is 2. The second-order valence-corrected chi connectivity index (χ2v) is 7.56. The summed E-state index contributed by atoms with van der Waals surface area (Å²) >= 11 is 0. The van der Waals surface area contributed by atoms with E-state index in [-0.39, 0.29) is 6.04 Å². The molecular formula is C18H22N2O3S. The van der Waals surface area contributed by atoms with Gasteiger partial charge < -0.3 is 4.90 Å². The van der Waals surface area contributed by atoms with Crippen LogP contribution in [-0.4, -0.2) is 39.1 Å². The van der Waals surface area contributed by atoms with E-state index >= 15 is 0 Å². The fourth-order valence-electron chi connectivity index (χ4n) is 2.36. The largest absolute Gasteiger partial charge is 0.338 e. The molecule has 0 bridgehead atoms. The molecule has 0 saturated carbocycles. The summed E-state index contributed by atoms with van der Waals surface area (Å²) in [7, 11) is -0.649. The van der Waals surface area contributed by atoms with Gasteiger partial charge in [0.2, 0.25) is 15.9 Å². The van der Waals surface area contributed by atoms with Gasteiger partial charge >= 0.3 is 0 Å². The number of sulfonamides is 1. The minimum atomic E-state index is -3.56. The number of nitrogens with zero attached hydrogens (tertiary/aromatic N) is 1. The quantitative estimate of drug-likeness (QED) is 0.873. The van der Waals surface area contributed by atoms with Crippen molar-refractivity contribution in [3.63, 3.8) is 0 Å². The number of hydrogen-bond acceptors (Lipinski definition) is 3. The highest BCUT2D eigenvalue weighted by molar-refractivity contribution is 7.90. The van der Waals surface area contributed by atoms with E-state index in [1.165, 1.54) is 11.9 Å². The molecule has 0 aromatic heterocycles. The summed E-state index contributed by atoms with van der Waals surface area (Å²) in [6, 6.07) is 17.7. The fourth-order valence-corrected chi connectivity index (χ4v) is 3.03. The van der Waals surface area contributed by atoms with Crippen LogP contribution in [0.5, 0.6) is 0 Å². The molecule has 1 N–H and O–H groups in total. The first-order chi connectivity index (χ1) is 11.3. The van der Waals surface area contributed by atoms with Gasteiger partial charge in [-0.3, -0.25) is 4.79 Å². The van der Waals surface area contributed by atoms with Gasteiger partial charge in [0, 0.05) is 7.05 Å². The van der Waals surface area contributed by atoms with Gasteiger partial charge in [-0.25, -0.2) is 13.1 Å².